The van der Waals surface area contributed by atoms with E-state index >= 15 is 0 Å². The molecule has 31 heavy (non-hydrogen) atoms. The summed E-state index contributed by atoms with van der Waals surface area (Å²) in [4.78, 5) is 14.2. The normalized spacial score (nSPS) is 15.5. The maximum Gasteiger partial charge on any atom is 0.248 e. The zero-order valence-electron chi connectivity index (χ0n) is 16.2. The minimum atomic E-state index is -3.32. The zero-order chi connectivity index (χ0) is 22.0. The maximum absolute atomic E-state index is 13.1. The van der Waals surface area contributed by atoms with Gasteiger partial charge in [-0.2, -0.15) is 0 Å². The standard InChI is InChI=1S/C22H18ClFN2O3S2/c23-19-9-6-17(26-12-1-13-31(26,28)29)14-20(19)25-22(27)11-8-18-7-10-21(30-18)15-2-4-16(24)5-3-15/h2-11,14H,1,12-13H2,(H,25,27)/b11-8+. The summed E-state index contributed by atoms with van der Waals surface area (Å²) in [5, 5.41) is 3.02. The van der Waals surface area contributed by atoms with Gasteiger partial charge >= 0.3 is 0 Å². The molecule has 1 aliphatic heterocycles. The fourth-order valence-electron chi connectivity index (χ4n) is 3.24. The highest BCUT2D eigenvalue weighted by Gasteiger charge is 2.28. The summed E-state index contributed by atoms with van der Waals surface area (Å²) in [6.45, 7) is 0.409. The fraction of sp³-hybridized carbons (Fsp3) is 0.136. The molecule has 0 radical (unpaired) electrons. The third kappa shape index (κ3) is 4.98. The second-order valence-corrected chi connectivity index (χ2v) is 10.5. The van der Waals surface area contributed by atoms with Crippen molar-refractivity contribution in [3.8, 4) is 10.4 Å². The van der Waals surface area contributed by atoms with Gasteiger partial charge in [-0.05, 0) is 60.5 Å². The molecule has 4 rings (SSSR count). The van der Waals surface area contributed by atoms with Crippen molar-refractivity contribution in [1.82, 2.24) is 0 Å². The van der Waals surface area contributed by atoms with E-state index in [-0.39, 0.29) is 17.5 Å². The van der Waals surface area contributed by atoms with E-state index in [4.69, 9.17) is 11.6 Å². The maximum atomic E-state index is 13.1. The van der Waals surface area contributed by atoms with Crippen molar-refractivity contribution >= 4 is 56.3 Å². The second kappa shape index (κ2) is 8.82. The number of hydrogen-bond donors (Lipinski definition) is 1. The van der Waals surface area contributed by atoms with Crippen molar-refractivity contribution in [2.45, 2.75) is 6.42 Å². The van der Waals surface area contributed by atoms with Crippen LogP contribution >= 0.6 is 22.9 Å². The minimum absolute atomic E-state index is 0.112. The Hall–Kier alpha value is -2.68. The van der Waals surface area contributed by atoms with Crippen molar-refractivity contribution < 1.29 is 17.6 Å². The molecule has 0 aliphatic carbocycles. The lowest BCUT2D eigenvalue weighted by Gasteiger charge is -2.18. The molecule has 1 saturated heterocycles. The van der Waals surface area contributed by atoms with Crippen molar-refractivity contribution in [3.05, 3.63) is 76.4 Å². The van der Waals surface area contributed by atoms with Crippen LogP contribution < -0.4 is 9.62 Å². The third-order valence-electron chi connectivity index (χ3n) is 4.75. The molecule has 5 nitrogen and oxygen atoms in total. The lowest BCUT2D eigenvalue weighted by atomic mass is 10.2. The number of nitrogens with zero attached hydrogens (tertiary/aromatic N) is 1. The van der Waals surface area contributed by atoms with Crippen LogP contribution in [-0.2, 0) is 14.8 Å². The van der Waals surface area contributed by atoms with Crippen LogP contribution in [-0.4, -0.2) is 26.6 Å². The Morgan fingerprint density at radius 2 is 1.90 bits per heavy atom. The molecule has 1 aliphatic rings. The summed E-state index contributed by atoms with van der Waals surface area (Å²) in [6, 6.07) is 14.8. The van der Waals surface area contributed by atoms with E-state index in [1.165, 1.54) is 33.9 Å². The molecule has 1 fully saturated rings. The average molecular weight is 477 g/mol. The van der Waals surface area contributed by atoms with Gasteiger partial charge in [-0.1, -0.05) is 23.7 Å². The van der Waals surface area contributed by atoms with Gasteiger partial charge in [0.05, 0.1) is 22.2 Å². The number of sulfonamides is 1. The summed E-state index contributed by atoms with van der Waals surface area (Å²) < 4.78 is 38.7. The van der Waals surface area contributed by atoms with Gasteiger partial charge in [0.2, 0.25) is 15.9 Å². The first-order chi connectivity index (χ1) is 14.8. The number of halogens is 2. The lowest BCUT2D eigenvalue weighted by Crippen LogP contribution is -2.25. The van der Waals surface area contributed by atoms with Crippen LogP contribution in [0.3, 0.4) is 0 Å². The topological polar surface area (TPSA) is 66.5 Å². The molecule has 1 N–H and O–H groups in total. The quantitative estimate of drug-likeness (QED) is 0.501. The van der Waals surface area contributed by atoms with Gasteiger partial charge in [-0.3, -0.25) is 9.10 Å². The highest BCUT2D eigenvalue weighted by molar-refractivity contribution is 7.93. The van der Waals surface area contributed by atoms with Crippen molar-refractivity contribution in [1.29, 1.82) is 0 Å². The monoisotopic (exact) mass is 476 g/mol. The highest BCUT2D eigenvalue weighted by Crippen LogP contribution is 2.32. The van der Waals surface area contributed by atoms with Gasteiger partial charge in [-0.15, -0.1) is 11.3 Å². The van der Waals surface area contributed by atoms with Crippen LogP contribution in [0.5, 0.6) is 0 Å². The van der Waals surface area contributed by atoms with Crippen LogP contribution in [0.4, 0.5) is 15.8 Å². The smallest absolute Gasteiger partial charge is 0.248 e. The largest absolute Gasteiger partial charge is 0.321 e. The molecule has 0 unspecified atom stereocenters. The van der Waals surface area contributed by atoms with E-state index < -0.39 is 10.0 Å². The van der Waals surface area contributed by atoms with Crippen LogP contribution in [0.2, 0.25) is 5.02 Å². The number of anilines is 2. The SMILES string of the molecule is O=C(/C=C/c1ccc(-c2ccc(F)cc2)s1)Nc1cc(N2CCCS2(=O)=O)ccc1Cl. The first-order valence-electron chi connectivity index (χ1n) is 9.47. The Morgan fingerprint density at radius 1 is 1.13 bits per heavy atom. The number of thiophene rings is 1. The molecule has 3 aromatic rings. The molecule has 1 amide bonds. The number of hydrogen-bond acceptors (Lipinski definition) is 4. The Morgan fingerprint density at radius 3 is 2.61 bits per heavy atom. The van der Waals surface area contributed by atoms with Gasteiger partial charge in [0, 0.05) is 22.4 Å². The average Bonchev–Trinajstić information content (AvgIpc) is 3.35. The van der Waals surface area contributed by atoms with Gasteiger partial charge in [0.1, 0.15) is 5.82 Å². The highest BCUT2D eigenvalue weighted by atomic mass is 35.5. The predicted octanol–water partition coefficient (Wildman–Crippen LogP) is 5.40. The van der Waals surface area contributed by atoms with E-state index in [0.717, 1.165) is 15.3 Å². The second-order valence-electron chi connectivity index (χ2n) is 6.94. The first-order valence-corrected chi connectivity index (χ1v) is 12.3. The Balaban J connectivity index is 1.46. The van der Waals surface area contributed by atoms with Gasteiger partial charge in [-0.25, -0.2) is 12.8 Å². The van der Waals surface area contributed by atoms with Gasteiger partial charge < -0.3 is 5.32 Å². The van der Waals surface area contributed by atoms with Crippen LogP contribution in [0.25, 0.3) is 16.5 Å². The summed E-state index contributed by atoms with van der Waals surface area (Å²) in [7, 11) is -3.32. The Labute approximate surface area is 188 Å². The number of carbonyl (C=O) groups is 1. The molecule has 0 spiro atoms. The van der Waals surface area contributed by atoms with Crippen molar-refractivity contribution in [2.24, 2.45) is 0 Å². The number of amides is 1. The summed E-state index contributed by atoms with van der Waals surface area (Å²) in [5.74, 6) is -0.567. The number of nitrogens with one attached hydrogen (secondary N) is 1. The van der Waals surface area contributed by atoms with E-state index in [0.29, 0.717) is 29.4 Å². The third-order valence-corrected chi connectivity index (χ3v) is 8.05. The predicted molar refractivity (Wildman–Crippen MR) is 125 cm³/mol. The number of benzene rings is 2. The number of carbonyl (C=O) groups excluding carboxylic acids is 1. The first kappa shape index (κ1) is 21.5. The fourth-order valence-corrected chi connectivity index (χ4v) is 5.87. The van der Waals surface area contributed by atoms with Gasteiger partial charge in [0.15, 0.2) is 0 Å². The lowest BCUT2D eigenvalue weighted by molar-refractivity contribution is -0.111. The molecule has 0 atom stereocenters. The molecule has 0 saturated carbocycles. The zero-order valence-corrected chi connectivity index (χ0v) is 18.6. The molecule has 0 bridgehead atoms. The Bertz CT molecular complexity index is 1250. The van der Waals surface area contributed by atoms with Crippen molar-refractivity contribution in [3.63, 3.8) is 0 Å². The Kier molecular flexibility index (Phi) is 6.13. The molecule has 9 heteroatoms. The molecule has 1 aromatic heterocycles. The van der Waals surface area contributed by atoms with Crippen molar-refractivity contribution in [2.75, 3.05) is 21.9 Å². The van der Waals surface area contributed by atoms with Crippen LogP contribution in [0, 0.1) is 5.82 Å². The number of rotatable bonds is 5. The van der Waals surface area contributed by atoms with E-state index in [2.05, 4.69) is 5.32 Å². The molecule has 2 aromatic carbocycles. The van der Waals surface area contributed by atoms with E-state index in [1.54, 1.807) is 36.4 Å². The molecular formula is C22H18ClFN2O3S2. The van der Waals surface area contributed by atoms with E-state index in [9.17, 15) is 17.6 Å². The van der Waals surface area contributed by atoms with Gasteiger partial charge in [0.25, 0.3) is 0 Å². The summed E-state index contributed by atoms with van der Waals surface area (Å²) in [5.41, 5.74) is 1.72. The molecule has 2 heterocycles. The summed E-state index contributed by atoms with van der Waals surface area (Å²) in [6.07, 6.45) is 3.63. The molecular weight excluding hydrogens is 459 g/mol. The summed E-state index contributed by atoms with van der Waals surface area (Å²) >= 11 is 7.66. The minimum Gasteiger partial charge on any atom is -0.321 e. The van der Waals surface area contributed by atoms with Crippen LogP contribution in [0.1, 0.15) is 11.3 Å². The molecule has 160 valence electrons. The van der Waals surface area contributed by atoms with Crippen LogP contribution in [0.15, 0.2) is 60.7 Å². The van der Waals surface area contributed by atoms with E-state index in [1.807, 2.05) is 12.1 Å².